The van der Waals surface area contributed by atoms with E-state index in [9.17, 15) is 0 Å². The minimum absolute atomic E-state index is 0.542. The fraction of sp³-hybridized carbons (Fsp3) is 0.148. The number of aryl methyl sites for hydroxylation is 4. The number of aromatic nitrogens is 2. The zero-order valence-electron chi connectivity index (χ0n) is 36.6. The molecule has 12 rings (SSSR count). The number of benzene rings is 8. The van der Waals surface area contributed by atoms with E-state index in [0.29, 0.717) is 0 Å². The van der Waals surface area contributed by atoms with Crippen LogP contribution in [-0.4, -0.2) is 16.7 Å². The molecule has 1 atom stereocenters. The maximum absolute atomic E-state index is 5.10. The van der Waals surface area contributed by atoms with Gasteiger partial charge in [-0.25, -0.2) is 0 Å². The molecule has 0 saturated heterocycles. The van der Waals surface area contributed by atoms with Crippen molar-refractivity contribution in [1.29, 1.82) is 0 Å². The van der Waals surface area contributed by atoms with Gasteiger partial charge in [0.25, 0.3) is 0 Å². The topological polar surface area (TPSA) is 29.0 Å². The highest BCUT2D eigenvalue weighted by atomic mass is 15.3. The number of fused-ring (bicyclic) bond motifs is 12. The predicted octanol–water partition coefficient (Wildman–Crippen LogP) is 14.3. The summed E-state index contributed by atoms with van der Waals surface area (Å²) in [5, 5.41) is 10.1. The van der Waals surface area contributed by atoms with Crippen LogP contribution in [0, 0.1) is 20.8 Å². The summed E-state index contributed by atoms with van der Waals surface area (Å²) in [4.78, 5) is 2.81. The Balaban J connectivity index is 1.30. The minimum atomic E-state index is -0.684. The molecule has 0 radical (unpaired) electrons. The number of anilines is 1. The van der Waals surface area contributed by atoms with Gasteiger partial charge in [0.15, 0.2) is 0 Å². The molecule has 1 spiro atoms. The summed E-state index contributed by atoms with van der Waals surface area (Å²) < 4.78 is 0. The monoisotopic (exact) mass is 823 g/mol. The fourth-order valence-corrected chi connectivity index (χ4v) is 12.1. The Morgan fingerprint density at radius 3 is 1.42 bits per heavy atom. The zero-order valence-corrected chi connectivity index (χ0v) is 36.6. The van der Waals surface area contributed by atoms with Crippen LogP contribution in [0.15, 0.2) is 194 Å². The van der Waals surface area contributed by atoms with Crippen LogP contribution in [0.25, 0.3) is 55.6 Å². The minimum Gasteiger partial charge on any atom is -0.358 e. The van der Waals surface area contributed by atoms with E-state index in [1.807, 2.05) is 0 Å². The molecular formula is C61H49N3. The summed E-state index contributed by atoms with van der Waals surface area (Å²) >= 11 is 0. The summed E-state index contributed by atoms with van der Waals surface area (Å²) in [5.74, 6) is 0. The first kappa shape index (κ1) is 38.3. The van der Waals surface area contributed by atoms with E-state index in [1.54, 1.807) is 0 Å². The van der Waals surface area contributed by atoms with Gasteiger partial charge < -0.3 is 4.90 Å². The molecule has 2 aliphatic heterocycles. The Morgan fingerprint density at radius 2 is 0.906 bits per heavy atom. The van der Waals surface area contributed by atoms with Crippen LogP contribution in [0.1, 0.15) is 56.8 Å². The van der Waals surface area contributed by atoms with E-state index in [0.717, 1.165) is 37.2 Å². The van der Waals surface area contributed by atoms with E-state index in [-0.39, 0.29) is 0 Å². The molecule has 64 heavy (non-hydrogen) atoms. The van der Waals surface area contributed by atoms with Crippen molar-refractivity contribution < 1.29 is 0 Å². The molecule has 1 aromatic heterocycles. The highest BCUT2D eigenvalue weighted by Crippen LogP contribution is 2.72. The molecule has 0 amide bonds. The maximum Gasteiger partial charge on any atom is 0.0840 e. The van der Waals surface area contributed by atoms with E-state index in [4.69, 9.17) is 10.2 Å². The summed E-state index contributed by atoms with van der Waals surface area (Å²) in [6.45, 7) is 7.48. The third kappa shape index (κ3) is 5.53. The van der Waals surface area contributed by atoms with Crippen molar-refractivity contribution in [3.05, 3.63) is 244 Å². The van der Waals surface area contributed by atoms with Gasteiger partial charge in [-0.05, 0) is 148 Å². The van der Waals surface area contributed by atoms with Crippen LogP contribution in [-0.2, 0) is 23.8 Å². The third-order valence-corrected chi connectivity index (χ3v) is 14.7. The lowest BCUT2D eigenvalue weighted by atomic mass is 9.55. The second kappa shape index (κ2) is 14.9. The van der Waals surface area contributed by atoms with Gasteiger partial charge in [0.2, 0.25) is 0 Å². The standard InChI is InChI=1S/C61H49N3/c1-40-28-30-43(31-29-40)32-34-60-55-27-17-16-26-48(55)33-35-64(60)59-42(3)63-62-41(2)58(59)61(60)56-38-51(46-22-12-6-13-23-46)49(44-18-8-4-9-19-44)36-53(56)54-37-50(45-20-10-5-11-21-45)52(39-57(54)61)47-24-14-7-15-25-47/h4-31,36-39H,32-35H2,1-3H3. The molecule has 0 N–H and O–H groups in total. The Hall–Kier alpha value is -7.36. The van der Waals surface area contributed by atoms with E-state index < -0.39 is 11.0 Å². The number of rotatable bonds is 7. The molecule has 3 nitrogen and oxygen atoms in total. The normalized spacial score (nSPS) is 16.2. The van der Waals surface area contributed by atoms with Crippen molar-refractivity contribution in [1.82, 2.24) is 10.2 Å². The van der Waals surface area contributed by atoms with Crippen LogP contribution in [0.4, 0.5) is 5.69 Å². The molecule has 308 valence electrons. The molecular weight excluding hydrogens is 775 g/mol. The van der Waals surface area contributed by atoms with Crippen molar-refractivity contribution in [3.8, 4) is 55.6 Å². The lowest BCUT2D eigenvalue weighted by Crippen LogP contribution is -2.59. The first-order chi connectivity index (χ1) is 31.5. The largest absolute Gasteiger partial charge is 0.358 e. The molecule has 0 fully saturated rings. The molecule has 1 aliphatic carbocycles. The lowest BCUT2D eigenvalue weighted by molar-refractivity contribution is 0.276. The first-order valence-corrected chi connectivity index (χ1v) is 22.8. The summed E-state index contributed by atoms with van der Waals surface area (Å²) in [5.41, 5.74) is 23.8. The summed E-state index contributed by atoms with van der Waals surface area (Å²) in [6, 6.07) is 73.0. The number of hydrogen-bond acceptors (Lipinski definition) is 3. The van der Waals surface area contributed by atoms with Gasteiger partial charge >= 0.3 is 0 Å². The van der Waals surface area contributed by atoms with Gasteiger partial charge in [0.1, 0.15) is 0 Å². The van der Waals surface area contributed by atoms with Crippen molar-refractivity contribution in [2.45, 2.75) is 51.0 Å². The maximum atomic E-state index is 5.10. The molecule has 3 heteroatoms. The molecule has 8 aromatic carbocycles. The molecule has 0 saturated carbocycles. The van der Waals surface area contributed by atoms with E-state index >= 15 is 0 Å². The van der Waals surface area contributed by atoms with Gasteiger partial charge in [-0.15, -0.1) is 0 Å². The Bertz CT molecular complexity index is 3100. The smallest absolute Gasteiger partial charge is 0.0840 e. The average molecular weight is 824 g/mol. The van der Waals surface area contributed by atoms with Gasteiger partial charge in [0.05, 0.1) is 28.0 Å². The van der Waals surface area contributed by atoms with E-state index in [1.165, 1.54) is 100 Å². The van der Waals surface area contributed by atoms with Gasteiger partial charge in [-0.3, -0.25) is 0 Å². The van der Waals surface area contributed by atoms with Crippen LogP contribution < -0.4 is 4.90 Å². The quantitative estimate of drug-likeness (QED) is 0.160. The number of hydrogen-bond donors (Lipinski definition) is 0. The molecule has 3 aliphatic rings. The summed E-state index contributed by atoms with van der Waals surface area (Å²) in [7, 11) is 0. The predicted molar refractivity (Wildman–Crippen MR) is 264 cm³/mol. The second-order valence-corrected chi connectivity index (χ2v) is 18.1. The van der Waals surface area contributed by atoms with Crippen LogP contribution in [0.2, 0.25) is 0 Å². The van der Waals surface area contributed by atoms with Gasteiger partial charge in [-0.2, -0.15) is 10.2 Å². The zero-order chi connectivity index (χ0) is 43.0. The highest BCUT2D eigenvalue weighted by molar-refractivity contribution is 6.00. The van der Waals surface area contributed by atoms with Crippen molar-refractivity contribution in [2.24, 2.45) is 0 Å². The van der Waals surface area contributed by atoms with Gasteiger partial charge in [-0.1, -0.05) is 175 Å². The summed E-state index contributed by atoms with van der Waals surface area (Å²) in [6.07, 6.45) is 2.76. The van der Waals surface area contributed by atoms with Crippen molar-refractivity contribution >= 4 is 5.69 Å². The lowest BCUT2D eigenvalue weighted by Gasteiger charge is -2.54. The SMILES string of the molecule is Cc1ccc(CCC23c4ccccc4CCN2c2c(C)nnc(C)c2C32c3cc(-c4ccccc4)c(-c4ccccc4)cc3-c3cc(-c4ccccc4)c(-c4ccccc4)cc32)cc1. The number of nitrogens with zero attached hydrogens (tertiary/aromatic N) is 3. The van der Waals surface area contributed by atoms with E-state index in [2.05, 4.69) is 220 Å². The first-order valence-electron chi connectivity index (χ1n) is 22.8. The van der Waals surface area contributed by atoms with Crippen molar-refractivity contribution in [2.75, 3.05) is 11.4 Å². The third-order valence-electron chi connectivity index (χ3n) is 14.7. The Kier molecular flexibility index (Phi) is 8.91. The Morgan fingerprint density at radius 1 is 0.453 bits per heavy atom. The van der Waals surface area contributed by atoms with Crippen molar-refractivity contribution in [3.63, 3.8) is 0 Å². The second-order valence-electron chi connectivity index (χ2n) is 18.1. The fourth-order valence-electron chi connectivity index (χ4n) is 12.1. The molecule has 3 heterocycles. The average Bonchev–Trinajstić information content (AvgIpc) is 3.80. The van der Waals surface area contributed by atoms with Crippen LogP contribution in [0.5, 0.6) is 0 Å². The van der Waals surface area contributed by atoms with Crippen LogP contribution >= 0.6 is 0 Å². The van der Waals surface area contributed by atoms with Crippen LogP contribution in [0.3, 0.4) is 0 Å². The Labute approximate surface area is 376 Å². The van der Waals surface area contributed by atoms with Gasteiger partial charge in [0, 0.05) is 12.1 Å². The highest BCUT2D eigenvalue weighted by Gasteiger charge is 2.69. The molecule has 9 aromatic rings. The molecule has 0 bridgehead atoms. The molecule has 1 unspecified atom stereocenters.